The molecule has 182 valence electrons. The van der Waals surface area contributed by atoms with Gasteiger partial charge in [0.15, 0.2) is 5.78 Å². The van der Waals surface area contributed by atoms with Gasteiger partial charge in [0.05, 0.1) is 16.8 Å². The van der Waals surface area contributed by atoms with E-state index >= 15 is 0 Å². The van der Waals surface area contributed by atoms with E-state index in [1.807, 2.05) is 123 Å². The number of para-hydroxylation sites is 2. The number of nitrogens with zero attached hydrogens (tertiary/aromatic N) is 2. The van der Waals surface area contributed by atoms with Crippen LogP contribution in [0, 0.1) is 0 Å². The molecule has 0 atom stereocenters. The largest absolute Gasteiger partial charge is 0.871 e. The summed E-state index contributed by atoms with van der Waals surface area (Å²) in [5.74, 6) is -0.394. The number of aromatic nitrogens is 1. The van der Waals surface area contributed by atoms with Gasteiger partial charge in [-0.15, -0.1) is 0 Å². The highest BCUT2D eigenvalue weighted by Gasteiger charge is 2.42. The smallest absolute Gasteiger partial charge is 0.221 e. The Bertz CT molecular complexity index is 1890. The summed E-state index contributed by atoms with van der Waals surface area (Å²) >= 11 is 0. The van der Waals surface area contributed by atoms with Crippen LogP contribution >= 0.6 is 0 Å². The maximum atomic E-state index is 14.1. The number of fused-ring (bicyclic) bond motifs is 2. The molecule has 2 heterocycles. The van der Waals surface area contributed by atoms with Crippen LogP contribution in [0.1, 0.15) is 16.7 Å². The summed E-state index contributed by atoms with van der Waals surface area (Å²) in [5.41, 5.74) is 8.54. The second-order valence-electron chi connectivity index (χ2n) is 9.74. The normalized spacial score (nSPS) is 16.8. The standard InChI is InChI=1S/C34H24N2O2/c1-35-25-19-11-9-17-23(25)27(31(35)21-13-5-3-6-14-21)29-33(37)30(34(29)38)28-24-18-10-12-20-26(24)36(2)32(28)22-15-7-4-8-16-22/h3-20H,1-2H3. The van der Waals surface area contributed by atoms with Crippen molar-refractivity contribution in [3.63, 3.8) is 0 Å². The summed E-state index contributed by atoms with van der Waals surface area (Å²) in [6.07, 6.45) is 0. The number of hydrogen-bond donors (Lipinski definition) is 0. The zero-order valence-electron chi connectivity index (χ0n) is 21.1. The van der Waals surface area contributed by atoms with E-state index in [-0.39, 0.29) is 22.7 Å². The molecule has 4 aromatic carbocycles. The number of carbonyl (C=O) groups excluding carboxylic acids is 1. The molecule has 4 nitrogen and oxygen atoms in total. The molecule has 0 N–H and O–H groups in total. The minimum absolute atomic E-state index is 0.197. The molecule has 0 amide bonds. The molecule has 0 saturated heterocycles. The lowest BCUT2D eigenvalue weighted by molar-refractivity contribution is -0.400. The topological polar surface area (TPSA) is 48.1 Å². The molecule has 0 unspecified atom stereocenters. The molecule has 1 aliphatic carbocycles. The van der Waals surface area contributed by atoms with Gasteiger partial charge >= 0.3 is 0 Å². The van der Waals surface area contributed by atoms with E-state index in [0.717, 1.165) is 55.8 Å². The Hall–Kier alpha value is -4.96. The number of Topliss-reactive ketones (excluding diaryl/α,β-unsaturated/α-hetero) is 1. The van der Waals surface area contributed by atoms with Crippen molar-refractivity contribution >= 4 is 39.2 Å². The number of hydrogen-bond acceptors (Lipinski definition) is 2. The number of rotatable bonds is 3. The maximum absolute atomic E-state index is 14.1. The highest BCUT2D eigenvalue weighted by Crippen LogP contribution is 2.48. The van der Waals surface area contributed by atoms with E-state index in [0.29, 0.717) is 0 Å². The summed E-state index contributed by atoms with van der Waals surface area (Å²) < 4.78 is 4.16. The van der Waals surface area contributed by atoms with Gasteiger partial charge in [0, 0.05) is 46.3 Å². The van der Waals surface area contributed by atoms with Crippen LogP contribution in [0.4, 0.5) is 5.69 Å². The van der Waals surface area contributed by atoms with Crippen LogP contribution in [0.3, 0.4) is 0 Å². The van der Waals surface area contributed by atoms with Crippen molar-refractivity contribution < 1.29 is 14.5 Å². The van der Waals surface area contributed by atoms with Crippen molar-refractivity contribution in [2.24, 2.45) is 7.05 Å². The summed E-state index contributed by atoms with van der Waals surface area (Å²) in [7, 11) is 3.98. The lowest BCUT2D eigenvalue weighted by atomic mass is 9.77. The highest BCUT2D eigenvalue weighted by atomic mass is 16.3. The second-order valence-corrected chi connectivity index (χ2v) is 9.74. The van der Waals surface area contributed by atoms with Crippen LogP contribution in [0.15, 0.2) is 121 Å². The Labute approximate surface area is 220 Å². The van der Waals surface area contributed by atoms with Gasteiger partial charge in [0.1, 0.15) is 7.05 Å². The van der Waals surface area contributed by atoms with Gasteiger partial charge in [-0.3, -0.25) is 4.79 Å². The Balaban J connectivity index is 1.53. The van der Waals surface area contributed by atoms with Gasteiger partial charge in [-0.1, -0.05) is 84.6 Å². The first-order chi connectivity index (χ1) is 18.6. The van der Waals surface area contributed by atoms with Crippen molar-refractivity contribution in [3.05, 3.63) is 137 Å². The lowest BCUT2D eigenvalue weighted by Crippen LogP contribution is -2.31. The molecule has 5 aromatic rings. The minimum Gasteiger partial charge on any atom is -0.871 e. The molecular formula is C34H24N2O2. The van der Waals surface area contributed by atoms with Gasteiger partial charge in [-0.25, -0.2) is 0 Å². The first-order valence-electron chi connectivity index (χ1n) is 12.7. The van der Waals surface area contributed by atoms with E-state index in [2.05, 4.69) is 9.14 Å². The van der Waals surface area contributed by atoms with Crippen LogP contribution in [0.2, 0.25) is 0 Å². The van der Waals surface area contributed by atoms with Crippen LogP contribution in [-0.2, 0) is 11.8 Å². The van der Waals surface area contributed by atoms with Gasteiger partial charge in [-0.2, -0.15) is 4.58 Å². The predicted octanol–water partition coefficient (Wildman–Crippen LogP) is 5.73. The zero-order chi connectivity index (χ0) is 26.0. The quantitative estimate of drug-likeness (QED) is 0.239. The van der Waals surface area contributed by atoms with Crippen LogP contribution in [0.25, 0.3) is 33.3 Å². The third-order valence-electron chi connectivity index (χ3n) is 7.72. The average molecular weight is 493 g/mol. The van der Waals surface area contributed by atoms with Crippen LogP contribution in [-0.4, -0.2) is 27.7 Å². The number of carbonyl (C=O) groups is 1. The van der Waals surface area contributed by atoms with E-state index in [1.165, 1.54) is 0 Å². The maximum Gasteiger partial charge on any atom is 0.221 e. The van der Waals surface area contributed by atoms with Crippen molar-refractivity contribution in [1.82, 2.24) is 4.57 Å². The Morgan fingerprint density at radius 1 is 0.684 bits per heavy atom. The van der Waals surface area contributed by atoms with Gasteiger partial charge in [0.25, 0.3) is 0 Å². The molecule has 0 radical (unpaired) electrons. The Morgan fingerprint density at radius 2 is 1.29 bits per heavy atom. The molecule has 0 saturated carbocycles. The van der Waals surface area contributed by atoms with E-state index < -0.39 is 0 Å². The molecule has 1 aliphatic heterocycles. The SMILES string of the molecule is Cn1c(-c2ccccc2)c(C2=C([O-])C(=C3C(c4ccccc4)=[N+](C)c4ccccc43)C2=O)c2ccccc21. The monoisotopic (exact) mass is 492 g/mol. The van der Waals surface area contributed by atoms with Crippen molar-refractivity contribution in [2.45, 2.75) is 0 Å². The highest BCUT2D eigenvalue weighted by molar-refractivity contribution is 6.49. The van der Waals surface area contributed by atoms with E-state index in [9.17, 15) is 9.90 Å². The fourth-order valence-corrected chi connectivity index (χ4v) is 6.01. The molecule has 0 spiro atoms. The predicted molar refractivity (Wildman–Crippen MR) is 150 cm³/mol. The number of benzene rings is 4. The second kappa shape index (κ2) is 8.29. The summed E-state index contributed by atoms with van der Waals surface area (Å²) in [6.45, 7) is 0. The molecule has 4 heteroatoms. The fraction of sp³-hybridized carbons (Fsp3) is 0.0588. The average Bonchev–Trinajstić information content (AvgIpc) is 3.41. The summed E-state index contributed by atoms with van der Waals surface area (Å²) in [5, 5.41) is 15.0. The van der Waals surface area contributed by atoms with Gasteiger partial charge in [0.2, 0.25) is 11.4 Å². The van der Waals surface area contributed by atoms with Crippen molar-refractivity contribution in [3.8, 4) is 11.3 Å². The van der Waals surface area contributed by atoms with E-state index in [1.54, 1.807) is 0 Å². The molecule has 0 bridgehead atoms. The first kappa shape index (κ1) is 22.3. The summed E-state index contributed by atoms with van der Waals surface area (Å²) in [4.78, 5) is 14.1. The Morgan fingerprint density at radius 3 is 2.00 bits per heavy atom. The lowest BCUT2D eigenvalue weighted by Gasteiger charge is -2.32. The fourth-order valence-electron chi connectivity index (χ4n) is 6.01. The zero-order valence-corrected chi connectivity index (χ0v) is 21.1. The number of allylic oxidation sites excluding steroid dienone is 3. The molecule has 38 heavy (non-hydrogen) atoms. The minimum atomic E-state index is -0.197. The van der Waals surface area contributed by atoms with Gasteiger partial charge < -0.3 is 9.67 Å². The van der Waals surface area contributed by atoms with Crippen molar-refractivity contribution in [1.29, 1.82) is 0 Å². The third-order valence-corrected chi connectivity index (χ3v) is 7.72. The number of aryl methyl sites for hydroxylation is 1. The van der Waals surface area contributed by atoms with Gasteiger partial charge in [-0.05, 0) is 29.8 Å². The molecule has 7 rings (SSSR count). The molecule has 0 fully saturated rings. The Kier molecular flexibility index (Phi) is 4.85. The summed E-state index contributed by atoms with van der Waals surface area (Å²) in [6, 6.07) is 35.9. The molecular weight excluding hydrogens is 468 g/mol. The number of ketones is 1. The third kappa shape index (κ3) is 2.97. The molecule has 1 aromatic heterocycles. The van der Waals surface area contributed by atoms with Crippen LogP contribution < -0.4 is 5.11 Å². The van der Waals surface area contributed by atoms with Crippen molar-refractivity contribution in [2.75, 3.05) is 7.05 Å². The van der Waals surface area contributed by atoms with Crippen LogP contribution in [0.5, 0.6) is 0 Å². The molecule has 2 aliphatic rings. The van der Waals surface area contributed by atoms with E-state index in [4.69, 9.17) is 0 Å². The first-order valence-corrected chi connectivity index (χ1v) is 12.7.